The number of Topliss-reactive ketones (excluding diaryl/α,β-unsaturated/α-hetero) is 1. The van der Waals surface area contributed by atoms with Gasteiger partial charge in [-0.05, 0) is 18.3 Å². The van der Waals surface area contributed by atoms with Crippen molar-refractivity contribution in [1.82, 2.24) is 0 Å². The summed E-state index contributed by atoms with van der Waals surface area (Å²) in [5.74, 6) is 0.186. The zero-order valence-corrected chi connectivity index (χ0v) is 7.92. The van der Waals surface area contributed by atoms with Crippen LogP contribution in [0.2, 0.25) is 0 Å². The normalized spacial score (nSPS) is 50.2. The van der Waals surface area contributed by atoms with Crippen molar-refractivity contribution in [3.8, 4) is 0 Å². The van der Waals surface area contributed by atoms with Crippen LogP contribution in [0.3, 0.4) is 0 Å². The fourth-order valence-corrected chi connectivity index (χ4v) is 3.02. The molecule has 2 aliphatic carbocycles. The molecule has 12 heavy (non-hydrogen) atoms. The molecule has 2 aliphatic rings. The number of aliphatic hydroxyl groups excluding tert-OH is 1. The first-order valence-electron chi connectivity index (χ1n) is 4.63. The van der Waals surface area contributed by atoms with Gasteiger partial charge in [0, 0.05) is 11.3 Å². The van der Waals surface area contributed by atoms with Gasteiger partial charge in [0.25, 0.3) is 0 Å². The van der Waals surface area contributed by atoms with Crippen LogP contribution in [0.25, 0.3) is 0 Å². The number of fused-ring (bicyclic) bond motifs is 2. The van der Waals surface area contributed by atoms with Crippen molar-refractivity contribution in [2.45, 2.75) is 39.7 Å². The van der Waals surface area contributed by atoms with E-state index < -0.39 is 6.10 Å². The summed E-state index contributed by atoms with van der Waals surface area (Å²) in [6.45, 7) is 6.26. The van der Waals surface area contributed by atoms with Crippen LogP contribution in [0.5, 0.6) is 0 Å². The zero-order chi connectivity index (χ0) is 9.15. The van der Waals surface area contributed by atoms with Crippen LogP contribution < -0.4 is 0 Å². The molecule has 1 N–H and O–H groups in total. The van der Waals surface area contributed by atoms with Crippen LogP contribution in [-0.4, -0.2) is 17.0 Å². The number of ketones is 1. The molecule has 2 rings (SSSR count). The van der Waals surface area contributed by atoms with Gasteiger partial charge in [-0.1, -0.05) is 20.8 Å². The first-order valence-corrected chi connectivity index (χ1v) is 4.63. The largest absolute Gasteiger partial charge is 0.385 e. The zero-order valence-electron chi connectivity index (χ0n) is 7.92. The molecule has 1 unspecified atom stereocenters. The maximum absolute atomic E-state index is 11.5. The third-order valence-corrected chi connectivity index (χ3v) is 4.51. The molecule has 0 amide bonds. The molecule has 3 atom stereocenters. The summed E-state index contributed by atoms with van der Waals surface area (Å²) >= 11 is 0. The van der Waals surface area contributed by atoms with Crippen molar-refractivity contribution in [3.63, 3.8) is 0 Å². The Kier molecular flexibility index (Phi) is 1.32. The summed E-state index contributed by atoms with van der Waals surface area (Å²) in [5, 5.41) is 9.73. The van der Waals surface area contributed by atoms with Crippen molar-refractivity contribution in [2.75, 3.05) is 0 Å². The molecule has 2 saturated carbocycles. The van der Waals surface area contributed by atoms with Gasteiger partial charge in [0.2, 0.25) is 0 Å². The molecule has 2 nitrogen and oxygen atoms in total. The molecule has 0 aromatic rings. The highest BCUT2D eigenvalue weighted by molar-refractivity contribution is 5.90. The Morgan fingerprint density at radius 3 is 2.25 bits per heavy atom. The topological polar surface area (TPSA) is 37.3 Å². The molecule has 0 saturated heterocycles. The summed E-state index contributed by atoms with van der Waals surface area (Å²) in [7, 11) is 0. The highest BCUT2D eigenvalue weighted by atomic mass is 16.3. The minimum Gasteiger partial charge on any atom is -0.385 e. The van der Waals surface area contributed by atoms with E-state index in [9.17, 15) is 9.90 Å². The standard InChI is InChI=1S/C10H16O2/c1-9(2)6-4-5-10(9,3)8(12)7(6)11/h6,8,12H,4-5H2,1-3H3/t6-,8?,10-/m1/s1. The lowest BCUT2D eigenvalue weighted by Gasteiger charge is -2.35. The van der Waals surface area contributed by atoms with Crippen molar-refractivity contribution >= 4 is 5.78 Å². The number of rotatable bonds is 0. The van der Waals surface area contributed by atoms with Crippen LogP contribution in [0.4, 0.5) is 0 Å². The molecule has 2 heteroatoms. The third kappa shape index (κ3) is 0.598. The Labute approximate surface area is 73.0 Å². The van der Waals surface area contributed by atoms with Crippen molar-refractivity contribution in [1.29, 1.82) is 0 Å². The van der Waals surface area contributed by atoms with Crippen molar-refractivity contribution in [2.24, 2.45) is 16.7 Å². The number of carbonyl (C=O) groups excluding carboxylic acids is 1. The third-order valence-electron chi connectivity index (χ3n) is 4.51. The molecule has 0 aliphatic heterocycles. The van der Waals surface area contributed by atoms with E-state index in [4.69, 9.17) is 0 Å². The summed E-state index contributed by atoms with van der Waals surface area (Å²) < 4.78 is 0. The number of hydrogen-bond donors (Lipinski definition) is 1. The van der Waals surface area contributed by atoms with Crippen molar-refractivity contribution in [3.05, 3.63) is 0 Å². The summed E-state index contributed by atoms with van der Waals surface area (Å²) in [6.07, 6.45) is 1.27. The van der Waals surface area contributed by atoms with E-state index in [2.05, 4.69) is 13.8 Å². The second-order valence-electron chi connectivity index (χ2n) is 5.04. The lowest BCUT2D eigenvalue weighted by Crippen LogP contribution is -2.37. The minimum atomic E-state index is -0.703. The lowest BCUT2D eigenvalue weighted by molar-refractivity contribution is -0.132. The molecule has 2 bridgehead atoms. The van der Waals surface area contributed by atoms with E-state index >= 15 is 0 Å². The van der Waals surface area contributed by atoms with E-state index in [0.717, 1.165) is 12.8 Å². The van der Waals surface area contributed by atoms with E-state index in [1.54, 1.807) is 0 Å². The average molecular weight is 168 g/mol. The number of carbonyl (C=O) groups is 1. The van der Waals surface area contributed by atoms with Gasteiger partial charge in [-0.2, -0.15) is 0 Å². The maximum Gasteiger partial charge on any atom is 0.165 e. The summed E-state index contributed by atoms with van der Waals surface area (Å²) in [6, 6.07) is 0. The number of hydrogen-bond acceptors (Lipinski definition) is 2. The second kappa shape index (κ2) is 1.92. The Balaban J connectivity index is 2.50. The van der Waals surface area contributed by atoms with Gasteiger partial charge in [0.05, 0.1) is 0 Å². The van der Waals surface area contributed by atoms with Crippen molar-refractivity contribution < 1.29 is 9.90 Å². The minimum absolute atomic E-state index is 0.00347. The Hall–Kier alpha value is -0.370. The molecule has 0 spiro atoms. The summed E-state index contributed by atoms with van der Waals surface area (Å²) in [5.41, 5.74) is -0.155. The average Bonchev–Trinajstić information content (AvgIpc) is 2.26. The molecular formula is C10H16O2. The predicted molar refractivity (Wildman–Crippen MR) is 45.6 cm³/mol. The quantitative estimate of drug-likeness (QED) is 0.593. The van der Waals surface area contributed by atoms with Crippen LogP contribution in [0, 0.1) is 16.7 Å². The van der Waals surface area contributed by atoms with Crippen LogP contribution >= 0.6 is 0 Å². The first kappa shape index (κ1) is 8.24. The fourth-order valence-electron chi connectivity index (χ4n) is 3.02. The van der Waals surface area contributed by atoms with Gasteiger partial charge in [-0.15, -0.1) is 0 Å². The van der Waals surface area contributed by atoms with Crippen LogP contribution in [-0.2, 0) is 4.79 Å². The first-order chi connectivity index (χ1) is 5.41. The molecule has 68 valence electrons. The van der Waals surface area contributed by atoms with Crippen LogP contribution in [0.15, 0.2) is 0 Å². The predicted octanol–water partition coefficient (Wildman–Crippen LogP) is 1.37. The lowest BCUT2D eigenvalue weighted by atomic mass is 9.70. The van der Waals surface area contributed by atoms with Gasteiger partial charge in [-0.25, -0.2) is 0 Å². The maximum atomic E-state index is 11.5. The van der Waals surface area contributed by atoms with Crippen LogP contribution in [0.1, 0.15) is 33.6 Å². The van der Waals surface area contributed by atoms with Gasteiger partial charge in [0.15, 0.2) is 5.78 Å². The van der Waals surface area contributed by atoms with Gasteiger partial charge >= 0.3 is 0 Å². The van der Waals surface area contributed by atoms with E-state index in [1.165, 1.54) is 0 Å². The fraction of sp³-hybridized carbons (Fsp3) is 0.900. The monoisotopic (exact) mass is 168 g/mol. The Morgan fingerprint density at radius 1 is 1.42 bits per heavy atom. The van der Waals surface area contributed by atoms with E-state index in [-0.39, 0.29) is 22.5 Å². The molecule has 0 aromatic heterocycles. The highest BCUT2D eigenvalue weighted by Crippen LogP contribution is 2.63. The molecular weight excluding hydrogens is 152 g/mol. The Morgan fingerprint density at radius 2 is 2.00 bits per heavy atom. The SMILES string of the molecule is CC1(C)[C@@H]2CC[C@]1(C)C(O)C2=O. The van der Waals surface area contributed by atoms with E-state index in [1.807, 2.05) is 6.92 Å². The van der Waals surface area contributed by atoms with E-state index in [0.29, 0.717) is 0 Å². The second-order valence-corrected chi connectivity index (χ2v) is 5.04. The molecule has 0 heterocycles. The Bertz CT molecular complexity index is 244. The summed E-state index contributed by atoms with van der Waals surface area (Å²) in [4.78, 5) is 11.5. The molecule has 2 fully saturated rings. The molecule has 0 radical (unpaired) electrons. The molecule has 0 aromatic carbocycles. The highest BCUT2D eigenvalue weighted by Gasteiger charge is 2.65. The van der Waals surface area contributed by atoms with Gasteiger partial charge in [-0.3, -0.25) is 4.79 Å². The smallest absolute Gasteiger partial charge is 0.165 e. The number of aliphatic hydroxyl groups is 1. The van der Waals surface area contributed by atoms with Gasteiger partial charge in [0.1, 0.15) is 6.10 Å². The van der Waals surface area contributed by atoms with Gasteiger partial charge < -0.3 is 5.11 Å².